The Kier molecular flexibility index (Phi) is 6.24. The largest absolute Gasteiger partial charge is 0.426 e. The van der Waals surface area contributed by atoms with E-state index in [1.54, 1.807) is 30.0 Å². The Morgan fingerprint density at radius 3 is 2.39 bits per heavy atom. The molecule has 2 saturated heterocycles. The fraction of sp³-hybridized carbons (Fsp3) is 0.379. The molecule has 2 fully saturated rings. The van der Waals surface area contributed by atoms with Crippen LogP contribution < -0.4 is 14.5 Å². The Hall–Kier alpha value is -3.74. The molecule has 0 bridgehead atoms. The second-order valence-corrected chi connectivity index (χ2v) is 10.0. The number of aryl methyl sites for hydroxylation is 2. The molecule has 2 aromatic rings. The van der Waals surface area contributed by atoms with E-state index in [1.807, 2.05) is 37.3 Å². The van der Waals surface area contributed by atoms with Crippen molar-refractivity contribution in [3.05, 3.63) is 65.2 Å². The molecule has 7 heteroatoms. The molecule has 0 aromatic heterocycles. The van der Waals surface area contributed by atoms with Gasteiger partial charge in [0.15, 0.2) is 0 Å². The Labute approximate surface area is 210 Å². The summed E-state index contributed by atoms with van der Waals surface area (Å²) in [6.45, 7) is 6.12. The number of allylic oxidation sites excluding steroid dienone is 2. The maximum atomic E-state index is 13.1. The number of carbonyl (C=O) groups is 4. The molecule has 5 rings (SSSR count). The predicted octanol–water partition coefficient (Wildman–Crippen LogP) is 4.36. The fourth-order valence-corrected chi connectivity index (χ4v) is 5.44. The van der Waals surface area contributed by atoms with Crippen LogP contribution in [0.3, 0.4) is 0 Å². The summed E-state index contributed by atoms with van der Waals surface area (Å²) in [6.07, 6.45) is 4.25. The highest BCUT2D eigenvalue weighted by atomic mass is 16.5. The molecule has 7 nitrogen and oxygen atoms in total. The number of ether oxygens (including phenoxy) is 1. The third-order valence-corrected chi connectivity index (χ3v) is 7.57. The van der Waals surface area contributed by atoms with Crippen LogP contribution in [0.5, 0.6) is 5.75 Å². The number of fused-ring (bicyclic) bond motifs is 1. The van der Waals surface area contributed by atoms with Crippen LogP contribution in [0.2, 0.25) is 0 Å². The van der Waals surface area contributed by atoms with E-state index in [4.69, 9.17) is 4.74 Å². The van der Waals surface area contributed by atoms with E-state index in [0.717, 1.165) is 17.7 Å². The molecule has 0 radical (unpaired) electrons. The molecule has 186 valence electrons. The molecule has 0 spiro atoms. The number of carbonyl (C=O) groups excluding carboxylic acids is 4. The number of rotatable bonds is 5. The van der Waals surface area contributed by atoms with E-state index < -0.39 is 11.9 Å². The fourth-order valence-electron chi connectivity index (χ4n) is 5.44. The monoisotopic (exact) mass is 486 g/mol. The third-order valence-electron chi connectivity index (χ3n) is 7.57. The zero-order valence-corrected chi connectivity index (χ0v) is 20.8. The lowest BCUT2D eigenvalue weighted by Crippen LogP contribution is -2.31. The highest BCUT2D eigenvalue weighted by Crippen LogP contribution is 2.41. The average molecular weight is 487 g/mol. The summed E-state index contributed by atoms with van der Waals surface area (Å²) in [4.78, 5) is 54.4. The Morgan fingerprint density at radius 1 is 0.972 bits per heavy atom. The van der Waals surface area contributed by atoms with E-state index in [-0.39, 0.29) is 42.5 Å². The maximum absolute atomic E-state index is 13.1. The number of anilines is 2. The minimum atomic E-state index is -0.566. The van der Waals surface area contributed by atoms with E-state index in [1.165, 1.54) is 10.5 Å². The molecule has 3 amide bonds. The van der Waals surface area contributed by atoms with Gasteiger partial charge >= 0.3 is 5.97 Å². The van der Waals surface area contributed by atoms with Gasteiger partial charge in [-0.1, -0.05) is 30.7 Å². The van der Waals surface area contributed by atoms with Crippen LogP contribution in [-0.2, 0) is 25.6 Å². The molecule has 3 atom stereocenters. The van der Waals surface area contributed by atoms with Gasteiger partial charge in [-0.2, -0.15) is 0 Å². The van der Waals surface area contributed by atoms with Gasteiger partial charge in [0.05, 0.1) is 23.4 Å². The van der Waals surface area contributed by atoms with Gasteiger partial charge in [-0.15, -0.1) is 0 Å². The van der Waals surface area contributed by atoms with Crippen LogP contribution in [0.25, 0.3) is 0 Å². The van der Waals surface area contributed by atoms with Crippen LogP contribution in [0.1, 0.15) is 44.2 Å². The number of hydrogen-bond donors (Lipinski definition) is 0. The SMILES string of the molecule is CCc1ccc(N2C[C@H](C(=O)Oc3ccc(N4C(=O)[C@H]5CC=C(C)C[C@H]5C4=O)c(C)c3)CC2=O)cc1. The first-order chi connectivity index (χ1) is 17.3. The zero-order chi connectivity index (χ0) is 25.6. The lowest BCUT2D eigenvalue weighted by molar-refractivity contribution is -0.139. The lowest BCUT2D eigenvalue weighted by atomic mass is 9.82. The van der Waals surface area contributed by atoms with Crippen molar-refractivity contribution in [3.63, 3.8) is 0 Å². The van der Waals surface area contributed by atoms with Crippen LogP contribution in [0.4, 0.5) is 11.4 Å². The second-order valence-electron chi connectivity index (χ2n) is 10.0. The molecule has 2 aromatic carbocycles. The van der Waals surface area contributed by atoms with Gasteiger partial charge in [-0.25, -0.2) is 4.90 Å². The number of nitrogens with zero attached hydrogens (tertiary/aromatic N) is 2. The highest BCUT2D eigenvalue weighted by molar-refractivity contribution is 6.22. The van der Waals surface area contributed by atoms with Crippen LogP contribution in [-0.4, -0.2) is 30.2 Å². The number of imide groups is 1. The standard InChI is InChI=1S/C29H30N2O5/c1-4-19-6-8-21(9-7-19)30-16-20(15-26(30)32)29(35)36-22-10-12-25(18(3)14-22)31-27(33)23-11-5-17(2)13-24(23)28(31)34/h5-10,12,14,20,23-24H,4,11,13,15-16H2,1-3H3/t20-,23+,24-/m1/s1. The van der Waals surface area contributed by atoms with Gasteiger partial charge in [0, 0.05) is 18.7 Å². The molecule has 0 unspecified atom stereocenters. The molecule has 2 heterocycles. The lowest BCUT2D eigenvalue weighted by Gasteiger charge is -2.19. The minimum absolute atomic E-state index is 0.0957. The average Bonchev–Trinajstić information content (AvgIpc) is 3.37. The molecule has 1 aliphatic carbocycles. The topological polar surface area (TPSA) is 84.0 Å². The van der Waals surface area contributed by atoms with Crippen molar-refractivity contribution in [2.75, 3.05) is 16.3 Å². The number of esters is 1. The number of amides is 3. The molecule has 36 heavy (non-hydrogen) atoms. The maximum Gasteiger partial charge on any atom is 0.316 e. The summed E-state index contributed by atoms with van der Waals surface area (Å²) in [5.74, 6) is -1.76. The van der Waals surface area contributed by atoms with E-state index in [2.05, 4.69) is 6.92 Å². The third kappa shape index (κ3) is 4.23. The van der Waals surface area contributed by atoms with Gasteiger partial charge in [0.2, 0.25) is 17.7 Å². The van der Waals surface area contributed by atoms with Crippen molar-refractivity contribution < 1.29 is 23.9 Å². The smallest absolute Gasteiger partial charge is 0.316 e. The zero-order valence-electron chi connectivity index (χ0n) is 20.8. The predicted molar refractivity (Wildman–Crippen MR) is 136 cm³/mol. The first-order valence-corrected chi connectivity index (χ1v) is 12.5. The first kappa shape index (κ1) is 24.0. The normalized spacial score (nSPS) is 23.7. The Balaban J connectivity index is 1.27. The van der Waals surface area contributed by atoms with E-state index in [0.29, 0.717) is 29.8 Å². The molecular weight excluding hydrogens is 456 g/mol. The van der Waals surface area contributed by atoms with Crippen LogP contribution >= 0.6 is 0 Å². The summed E-state index contributed by atoms with van der Waals surface area (Å²) in [5, 5.41) is 0. The van der Waals surface area contributed by atoms with Crippen molar-refractivity contribution in [3.8, 4) is 5.75 Å². The Morgan fingerprint density at radius 2 is 1.69 bits per heavy atom. The van der Waals surface area contributed by atoms with E-state index >= 15 is 0 Å². The molecule has 2 aliphatic heterocycles. The Bertz CT molecular complexity index is 1280. The summed E-state index contributed by atoms with van der Waals surface area (Å²) in [7, 11) is 0. The second kappa shape index (κ2) is 9.37. The van der Waals surface area contributed by atoms with Gasteiger partial charge in [0.25, 0.3) is 0 Å². The van der Waals surface area contributed by atoms with Crippen molar-refractivity contribution in [1.82, 2.24) is 0 Å². The summed E-state index contributed by atoms with van der Waals surface area (Å²) in [5.41, 5.74) is 4.29. The van der Waals surface area contributed by atoms with Crippen molar-refractivity contribution in [2.24, 2.45) is 17.8 Å². The van der Waals surface area contributed by atoms with Crippen LogP contribution in [0.15, 0.2) is 54.1 Å². The summed E-state index contributed by atoms with van der Waals surface area (Å²) in [6, 6.07) is 12.7. The number of benzene rings is 2. The molecule has 3 aliphatic rings. The summed E-state index contributed by atoms with van der Waals surface area (Å²) < 4.78 is 5.61. The molecular formula is C29H30N2O5. The van der Waals surface area contributed by atoms with Crippen molar-refractivity contribution >= 4 is 35.1 Å². The van der Waals surface area contributed by atoms with Gasteiger partial charge < -0.3 is 9.64 Å². The van der Waals surface area contributed by atoms with Crippen molar-refractivity contribution in [2.45, 2.75) is 46.5 Å². The first-order valence-electron chi connectivity index (χ1n) is 12.5. The van der Waals surface area contributed by atoms with Gasteiger partial charge in [0.1, 0.15) is 5.75 Å². The highest BCUT2D eigenvalue weighted by Gasteiger charge is 2.49. The molecule has 0 N–H and O–H groups in total. The van der Waals surface area contributed by atoms with Crippen molar-refractivity contribution in [1.29, 1.82) is 0 Å². The van der Waals surface area contributed by atoms with Crippen LogP contribution in [0, 0.1) is 24.7 Å². The van der Waals surface area contributed by atoms with Gasteiger partial charge in [-0.3, -0.25) is 19.2 Å². The minimum Gasteiger partial charge on any atom is -0.426 e. The molecule has 0 saturated carbocycles. The van der Waals surface area contributed by atoms with Gasteiger partial charge in [-0.05, 0) is 74.6 Å². The quantitative estimate of drug-likeness (QED) is 0.271. The summed E-state index contributed by atoms with van der Waals surface area (Å²) >= 11 is 0. The van der Waals surface area contributed by atoms with E-state index in [9.17, 15) is 19.2 Å². The number of hydrogen-bond acceptors (Lipinski definition) is 5.